The van der Waals surface area contributed by atoms with Gasteiger partial charge in [-0.3, -0.25) is 19.5 Å². The largest absolute Gasteiger partial charge is 0.280 e. The second kappa shape index (κ2) is 7.19. The van der Waals surface area contributed by atoms with E-state index in [4.69, 9.17) is 0 Å². The van der Waals surface area contributed by atoms with Crippen LogP contribution in [0.5, 0.6) is 0 Å². The Morgan fingerprint density at radius 1 is 1.12 bits per heavy atom. The molecule has 0 unspecified atom stereocenters. The van der Waals surface area contributed by atoms with Crippen LogP contribution in [0.15, 0.2) is 48.0 Å². The Bertz CT molecular complexity index is 947. The van der Waals surface area contributed by atoms with Gasteiger partial charge in [0, 0.05) is 24.7 Å². The lowest BCUT2D eigenvalue weighted by Gasteiger charge is -2.13. The highest BCUT2D eigenvalue weighted by Crippen LogP contribution is 2.19. The van der Waals surface area contributed by atoms with E-state index in [2.05, 4.69) is 9.71 Å². The molecular formula is C18H17N3O4S. The molecular weight excluding hydrogens is 354 g/mol. The van der Waals surface area contributed by atoms with Gasteiger partial charge in [0.1, 0.15) is 5.69 Å². The van der Waals surface area contributed by atoms with E-state index in [9.17, 15) is 18.0 Å². The Morgan fingerprint density at radius 2 is 1.85 bits per heavy atom. The first-order valence-electron chi connectivity index (χ1n) is 7.93. The number of pyridine rings is 1. The molecule has 2 aromatic rings. The van der Waals surface area contributed by atoms with Crippen molar-refractivity contribution >= 4 is 27.9 Å². The van der Waals surface area contributed by atoms with Crippen LogP contribution in [0.1, 0.15) is 32.0 Å². The SMILES string of the molecule is Cc1ccc(/C=C/S(=O)(=O)NCCN2C(=O)c3cccnc3C2=O)cc1. The zero-order valence-corrected chi connectivity index (χ0v) is 14.9. The topological polar surface area (TPSA) is 96.4 Å². The average molecular weight is 371 g/mol. The first kappa shape index (κ1) is 18.0. The summed E-state index contributed by atoms with van der Waals surface area (Å²) in [5.41, 5.74) is 2.17. The maximum absolute atomic E-state index is 12.2. The predicted octanol–water partition coefficient (Wildman–Crippen LogP) is 1.58. The van der Waals surface area contributed by atoms with Crippen LogP contribution in [0, 0.1) is 6.92 Å². The van der Waals surface area contributed by atoms with Crippen molar-refractivity contribution in [2.45, 2.75) is 6.92 Å². The predicted molar refractivity (Wildman–Crippen MR) is 96.7 cm³/mol. The Labute approximate surface area is 151 Å². The molecule has 0 saturated carbocycles. The van der Waals surface area contributed by atoms with Crippen molar-refractivity contribution in [1.82, 2.24) is 14.6 Å². The number of benzene rings is 1. The normalized spacial score (nSPS) is 14.3. The highest BCUT2D eigenvalue weighted by molar-refractivity contribution is 7.92. The van der Waals surface area contributed by atoms with Crippen molar-refractivity contribution in [2.24, 2.45) is 0 Å². The number of rotatable bonds is 6. The molecule has 1 aromatic carbocycles. The summed E-state index contributed by atoms with van der Waals surface area (Å²) in [4.78, 5) is 29.2. The van der Waals surface area contributed by atoms with Gasteiger partial charge >= 0.3 is 0 Å². The molecule has 1 aromatic heterocycles. The fourth-order valence-electron chi connectivity index (χ4n) is 2.51. The number of aromatic nitrogens is 1. The summed E-state index contributed by atoms with van der Waals surface area (Å²) in [7, 11) is -3.68. The molecule has 0 aliphatic carbocycles. The summed E-state index contributed by atoms with van der Waals surface area (Å²) in [5, 5.41) is 1.06. The number of amides is 2. The fraction of sp³-hybridized carbons (Fsp3) is 0.167. The molecule has 1 aliphatic rings. The van der Waals surface area contributed by atoms with Gasteiger partial charge in [-0.1, -0.05) is 29.8 Å². The summed E-state index contributed by atoms with van der Waals surface area (Å²) < 4.78 is 26.4. The van der Waals surface area contributed by atoms with Crippen molar-refractivity contribution in [2.75, 3.05) is 13.1 Å². The summed E-state index contributed by atoms with van der Waals surface area (Å²) in [6.07, 6.45) is 2.92. The van der Waals surface area contributed by atoms with E-state index in [1.807, 2.05) is 31.2 Å². The van der Waals surface area contributed by atoms with Crippen LogP contribution in [-0.2, 0) is 10.0 Å². The molecule has 26 heavy (non-hydrogen) atoms. The number of imide groups is 1. The second-order valence-corrected chi connectivity index (χ2v) is 7.47. The van der Waals surface area contributed by atoms with Crippen LogP contribution in [0.2, 0.25) is 0 Å². The quantitative estimate of drug-likeness (QED) is 0.778. The summed E-state index contributed by atoms with van der Waals surface area (Å²) >= 11 is 0. The van der Waals surface area contributed by atoms with E-state index in [0.29, 0.717) is 0 Å². The molecule has 2 amide bonds. The minimum absolute atomic E-state index is 0.0639. The molecule has 0 radical (unpaired) electrons. The fourth-order valence-corrected chi connectivity index (χ4v) is 3.32. The van der Waals surface area contributed by atoms with Crippen LogP contribution in [0.4, 0.5) is 0 Å². The van der Waals surface area contributed by atoms with Gasteiger partial charge in [0.2, 0.25) is 10.0 Å². The molecule has 0 bridgehead atoms. The summed E-state index contributed by atoms with van der Waals surface area (Å²) in [6, 6.07) is 10.5. The van der Waals surface area contributed by atoms with E-state index in [1.165, 1.54) is 18.3 Å². The van der Waals surface area contributed by atoms with E-state index in [0.717, 1.165) is 21.4 Å². The Balaban J connectivity index is 1.58. The van der Waals surface area contributed by atoms with Crippen molar-refractivity contribution in [3.8, 4) is 0 Å². The van der Waals surface area contributed by atoms with Gasteiger partial charge in [0.15, 0.2) is 0 Å². The lowest BCUT2D eigenvalue weighted by molar-refractivity contribution is 0.0655. The van der Waals surface area contributed by atoms with Gasteiger partial charge in [-0.15, -0.1) is 0 Å². The number of carbonyl (C=O) groups excluding carboxylic acids is 2. The molecule has 0 saturated heterocycles. The lowest BCUT2D eigenvalue weighted by Crippen LogP contribution is -2.37. The van der Waals surface area contributed by atoms with Crippen LogP contribution < -0.4 is 4.72 Å². The number of aryl methyl sites for hydroxylation is 1. The van der Waals surface area contributed by atoms with Crippen molar-refractivity contribution < 1.29 is 18.0 Å². The second-order valence-electron chi connectivity index (χ2n) is 5.81. The standard InChI is InChI=1S/C18H17N3O4S/c1-13-4-6-14(7-5-13)8-12-26(24,25)20-10-11-21-17(22)15-3-2-9-19-16(15)18(21)23/h2-9,12,20H,10-11H2,1H3/b12-8+. The Hall–Kier alpha value is -2.84. The zero-order chi connectivity index (χ0) is 18.7. The molecule has 0 spiro atoms. The third-order valence-electron chi connectivity index (χ3n) is 3.89. The van der Waals surface area contributed by atoms with Crippen molar-refractivity contribution in [3.63, 3.8) is 0 Å². The molecule has 0 fully saturated rings. The number of hydrogen-bond acceptors (Lipinski definition) is 5. The number of sulfonamides is 1. The highest BCUT2D eigenvalue weighted by atomic mass is 32.2. The van der Waals surface area contributed by atoms with Gasteiger partial charge in [0.05, 0.1) is 5.56 Å². The lowest BCUT2D eigenvalue weighted by atomic mass is 10.2. The van der Waals surface area contributed by atoms with Crippen molar-refractivity contribution in [1.29, 1.82) is 0 Å². The van der Waals surface area contributed by atoms with Crippen LogP contribution in [-0.4, -0.2) is 43.2 Å². The number of hydrogen-bond donors (Lipinski definition) is 1. The van der Waals surface area contributed by atoms with Crippen LogP contribution >= 0.6 is 0 Å². The van der Waals surface area contributed by atoms with Gasteiger partial charge in [-0.05, 0) is 30.7 Å². The number of nitrogens with one attached hydrogen (secondary N) is 1. The molecule has 1 N–H and O–H groups in total. The van der Waals surface area contributed by atoms with E-state index in [-0.39, 0.29) is 24.3 Å². The molecule has 1 aliphatic heterocycles. The average Bonchev–Trinajstić information content (AvgIpc) is 2.86. The molecule has 8 heteroatoms. The molecule has 0 atom stereocenters. The number of fused-ring (bicyclic) bond motifs is 1. The first-order chi connectivity index (χ1) is 12.4. The highest BCUT2D eigenvalue weighted by Gasteiger charge is 2.36. The van der Waals surface area contributed by atoms with Crippen LogP contribution in [0.3, 0.4) is 0 Å². The smallest absolute Gasteiger partial charge is 0.272 e. The zero-order valence-electron chi connectivity index (χ0n) is 14.0. The monoisotopic (exact) mass is 371 g/mol. The minimum atomic E-state index is -3.68. The Morgan fingerprint density at radius 3 is 2.54 bits per heavy atom. The summed E-state index contributed by atoms with van der Waals surface area (Å²) in [6.45, 7) is 1.80. The van der Waals surface area contributed by atoms with E-state index >= 15 is 0 Å². The first-order valence-corrected chi connectivity index (χ1v) is 9.48. The maximum atomic E-state index is 12.2. The molecule has 3 rings (SSSR count). The number of carbonyl (C=O) groups is 2. The Kier molecular flexibility index (Phi) is 4.97. The van der Waals surface area contributed by atoms with E-state index < -0.39 is 21.8 Å². The van der Waals surface area contributed by atoms with Gasteiger partial charge in [-0.2, -0.15) is 0 Å². The van der Waals surface area contributed by atoms with Crippen molar-refractivity contribution in [3.05, 3.63) is 70.4 Å². The molecule has 2 heterocycles. The van der Waals surface area contributed by atoms with Gasteiger partial charge < -0.3 is 0 Å². The number of nitrogens with zero attached hydrogens (tertiary/aromatic N) is 2. The molecule has 134 valence electrons. The summed E-state index contributed by atoms with van der Waals surface area (Å²) in [5.74, 6) is -0.979. The van der Waals surface area contributed by atoms with Gasteiger partial charge in [-0.25, -0.2) is 13.1 Å². The van der Waals surface area contributed by atoms with Crippen LogP contribution in [0.25, 0.3) is 6.08 Å². The minimum Gasteiger partial charge on any atom is -0.272 e. The van der Waals surface area contributed by atoms with E-state index in [1.54, 1.807) is 6.07 Å². The maximum Gasteiger partial charge on any atom is 0.280 e. The molecule has 7 nitrogen and oxygen atoms in total. The van der Waals surface area contributed by atoms with Gasteiger partial charge in [0.25, 0.3) is 11.8 Å². The third kappa shape index (κ3) is 3.87. The third-order valence-corrected chi connectivity index (χ3v) is 4.99.